The summed E-state index contributed by atoms with van der Waals surface area (Å²) in [5.41, 5.74) is 6.01. The fraction of sp³-hybridized carbons (Fsp3) is 0.357. The lowest BCUT2D eigenvalue weighted by Gasteiger charge is -2.26. The summed E-state index contributed by atoms with van der Waals surface area (Å²) < 4.78 is 5.54. The van der Waals surface area contributed by atoms with Crippen LogP contribution in [0.3, 0.4) is 0 Å². The maximum Gasteiger partial charge on any atom is 0.311 e. The number of ether oxygens (including phenoxy) is 1. The monoisotopic (exact) mass is 290 g/mol. The molecular formula is C14H18N4O3. The summed E-state index contributed by atoms with van der Waals surface area (Å²) >= 11 is 0. The van der Waals surface area contributed by atoms with E-state index in [4.69, 9.17) is 15.9 Å². The summed E-state index contributed by atoms with van der Waals surface area (Å²) in [6.07, 6.45) is 0.646. The van der Waals surface area contributed by atoms with Crippen molar-refractivity contribution < 1.29 is 14.3 Å². The molecule has 7 nitrogen and oxygen atoms in total. The minimum Gasteiger partial charge on any atom is -0.494 e. The molecule has 0 radical (unpaired) electrons. The van der Waals surface area contributed by atoms with Crippen LogP contribution in [0.1, 0.15) is 12.0 Å². The number of nitrogens with one attached hydrogen (secondary N) is 2. The maximum absolute atomic E-state index is 11.5. The highest BCUT2D eigenvalue weighted by Gasteiger charge is 2.25. The average molecular weight is 290 g/mol. The van der Waals surface area contributed by atoms with Crippen molar-refractivity contribution in [3.63, 3.8) is 0 Å². The van der Waals surface area contributed by atoms with Crippen molar-refractivity contribution in [2.24, 2.45) is 5.73 Å². The van der Waals surface area contributed by atoms with Gasteiger partial charge in [-0.05, 0) is 30.7 Å². The van der Waals surface area contributed by atoms with Crippen LogP contribution in [0, 0.1) is 5.41 Å². The quantitative estimate of drug-likeness (QED) is 0.289. The predicted molar refractivity (Wildman–Crippen MR) is 77.2 cm³/mol. The molecule has 0 spiro atoms. The zero-order valence-corrected chi connectivity index (χ0v) is 11.6. The van der Waals surface area contributed by atoms with E-state index in [1.807, 2.05) is 0 Å². The molecule has 1 heterocycles. The van der Waals surface area contributed by atoms with Gasteiger partial charge in [0.05, 0.1) is 6.61 Å². The normalized spacial score (nSPS) is 14.8. The van der Waals surface area contributed by atoms with Gasteiger partial charge in [0.15, 0.2) is 0 Å². The Hall–Kier alpha value is -2.57. The van der Waals surface area contributed by atoms with Crippen LogP contribution in [0.2, 0.25) is 0 Å². The molecule has 4 N–H and O–H groups in total. The smallest absolute Gasteiger partial charge is 0.311 e. The zero-order valence-electron chi connectivity index (χ0n) is 11.6. The van der Waals surface area contributed by atoms with Gasteiger partial charge in [-0.25, -0.2) is 0 Å². The average Bonchev–Trinajstić information content (AvgIpc) is 2.48. The first-order valence-electron chi connectivity index (χ1n) is 6.72. The number of nitrogens with zero attached hydrogens (tertiary/aromatic N) is 1. The lowest BCUT2D eigenvalue weighted by molar-refractivity contribution is -0.148. The number of amidine groups is 1. The molecule has 2 rings (SSSR count). The maximum atomic E-state index is 11.5. The number of hydrogen-bond donors (Lipinski definition) is 3. The minimum atomic E-state index is -0.540. The van der Waals surface area contributed by atoms with Crippen molar-refractivity contribution >= 4 is 17.6 Å². The molecule has 0 bridgehead atoms. The van der Waals surface area contributed by atoms with Crippen molar-refractivity contribution in [2.75, 3.05) is 26.2 Å². The first kappa shape index (κ1) is 14.8. The Kier molecular flexibility index (Phi) is 4.76. The van der Waals surface area contributed by atoms with E-state index in [-0.39, 0.29) is 5.84 Å². The van der Waals surface area contributed by atoms with E-state index in [2.05, 4.69) is 5.32 Å². The van der Waals surface area contributed by atoms with Crippen LogP contribution in [-0.2, 0) is 9.59 Å². The predicted octanol–water partition coefficient (Wildman–Crippen LogP) is -0.302. The number of benzene rings is 1. The molecule has 0 unspecified atom stereocenters. The van der Waals surface area contributed by atoms with E-state index >= 15 is 0 Å². The van der Waals surface area contributed by atoms with E-state index in [0.29, 0.717) is 44.0 Å². The first-order valence-corrected chi connectivity index (χ1v) is 6.72. The molecule has 1 saturated heterocycles. The van der Waals surface area contributed by atoms with Gasteiger partial charge < -0.3 is 20.7 Å². The molecule has 1 aromatic carbocycles. The van der Waals surface area contributed by atoms with Gasteiger partial charge in [-0.15, -0.1) is 0 Å². The van der Waals surface area contributed by atoms with Gasteiger partial charge in [-0.3, -0.25) is 15.0 Å². The third kappa shape index (κ3) is 3.95. The highest BCUT2D eigenvalue weighted by molar-refractivity contribution is 6.35. The number of amides is 2. The molecular weight excluding hydrogens is 272 g/mol. The van der Waals surface area contributed by atoms with Gasteiger partial charge in [-0.1, -0.05) is 0 Å². The van der Waals surface area contributed by atoms with Crippen molar-refractivity contribution in [3.8, 4) is 5.75 Å². The second-order valence-corrected chi connectivity index (χ2v) is 4.69. The van der Waals surface area contributed by atoms with Gasteiger partial charge >= 0.3 is 11.8 Å². The van der Waals surface area contributed by atoms with Crippen LogP contribution in [0.4, 0.5) is 0 Å². The Balaban J connectivity index is 1.73. The third-order valence-corrected chi connectivity index (χ3v) is 3.16. The Bertz CT molecular complexity index is 542. The first-order chi connectivity index (χ1) is 10.1. The Labute approximate surface area is 122 Å². The van der Waals surface area contributed by atoms with Crippen molar-refractivity contribution in [3.05, 3.63) is 29.8 Å². The lowest BCUT2D eigenvalue weighted by Crippen LogP contribution is -2.52. The Morgan fingerprint density at radius 2 is 2.05 bits per heavy atom. The fourth-order valence-electron chi connectivity index (χ4n) is 2.01. The zero-order chi connectivity index (χ0) is 15.2. The van der Waals surface area contributed by atoms with Crippen molar-refractivity contribution in [1.82, 2.24) is 10.2 Å². The summed E-state index contributed by atoms with van der Waals surface area (Å²) in [7, 11) is 0. The number of nitrogen functional groups attached to an aromatic ring is 1. The van der Waals surface area contributed by atoms with Crippen LogP contribution in [0.15, 0.2) is 24.3 Å². The van der Waals surface area contributed by atoms with E-state index in [0.717, 1.165) is 0 Å². The molecule has 1 aromatic rings. The highest BCUT2D eigenvalue weighted by Crippen LogP contribution is 2.12. The summed E-state index contributed by atoms with van der Waals surface area (Å²) in [5, 5.41) is 9.79. The summed E-state index contributed by atoms with van der Waals surface area (Å²) in [6, 6.07) is 6.93. The summed E-state index contributed by atoms with van der Waals surface area (Å²) in [4.78, 5) is 24.2. The third-order valence-electron chi connectivity index (χ3n) is 3.16. The van der Waals surface area contributed by atoms with Gasteiger partial charge in [0.25, 0.3) is 0 Å². The van der Waals surface area contributed by atoms with Crippen molar-refractivity contribution in [2.45, 2.75) is 6.42 Å². The molecule has 0 aromatic heterocycles. The number of carbonyl (C=O) groups is 2. The summed E-state index contributed by atoms with van der Waals surface area (Å²) in [5.74, 6) is -0.319. The summed E-state index contributed by atoms with van der Waals surface area (Å²) in [6.45, 7) is 1.98. The number of rotatable bonds is 6. The molecule has 0 aliphatic carbocycles. The number of hydrogen-bond acceptors (Lipinski definition) is 4. The number of nitrogens with two attached hydrogens (primary N) is 1. The lowest BCUT2D eigenvalue weighted by atomic mass is 10.2. The van der Waals surface area contributed by atoms with Crippen LogP contribution in [0.5, 0.6) is 5.75 Å². The largest absolute Gasteiger partial charge is 0.494 e. The van der Waals surface area contributed by atoms with E-state index in [1.165, 1.54) is 4.90 Å². The standard InChI is InChI=1S/C14H18N4O3/c15-12(16)10-2-4-11(5-3-10)21-9-1-7-18-8-6-17-13(19)14(18)20/h2-5H,1,6-9H2,(H3,15,16)(H,17,19). The molecule has 1 fully saturated rings. The van der Waals surface area contributed by atoms with Crippen LogP contribution in [0.25, 0.3) is 0 Å². The molecule has 1 aliphatic heterocycles. The number of carbonyl (C=O) groups excluding carboxylic acids is 2. The van der Waals surface area contributed by atoms with Crippen LogP contribution < -0.4 is 15.8 Å². The second-order valence-electron chi connectivity index (χ2n) is 4.69. The number of piperazine rings is 1. The molecule has 112 valence electrons. The van der Waals surface area contributed by atoms with E-state index in [9.17, 15) is 9.59 Å². The van der Waals surface area contributed by atoms with E-state index in [1.54, 1.807) is 24.3 Å². The SMILES string of the molecule is N=C(N)c1ccc(OCCCN2CCNC(=O)C2=O)cc1. The fourth-order valence-corrected chi connectivity index (χ4v) is 2.01. The molecule has 0 saturated carbocycles. The molecule has 1 aliphatic rings. The molecule has 7 heteroatoms. The van der Waals surface area contributed by atoms with Crippen LogP contribution in [-0.4, -0.2) is 48.8 Å². The Morgan fingerprint density at radius 3 is 2.71 bits per heavy atom. The highest BCUT2D eigenvalue weighted by atomic mass is 16.5. The van der Waals surface area contributed by atoms with Gasteiger partial charge in [0.1, 0.15) is 11.6 Å². The minimum absolute atomic E-state index is 0.0171. The van der Waals surface area contributed by atoms with Gasteiger partial charge in [0.2, 0.25) is 0 Å². The molecule has 21 heavy (non-hydrogen) atoms. The van der Waals surface area contributed by atoms with Gasteiger partial charge in [-0.2, -0.15) is 0 Å². The van der Waals surface area contributed by atoms with Gasteiger partial charge in [0, 0.05) is 25.2 Å². The second kappa shape index (κ2) is 6.74. The van der Waals surface area contributed by atoms with Crippen molar-refractivity contribution in [1.29, 1.82) is 5.41 Å². The topological polar surface area (TPSA) is 109 Å². The van der Waals surface area contributed by atoms with E-state index < -0.39 is 11.8 Å². The Morgan fingerprint density at radius 1 is 1.33 bits per heavy atom. The van der Waals surface area contributed by atoms with Crippen LogP contribution >= 0.6 is 0 Å². The molecule has 0 atom stereocenters. The molecule has 2 amide bonds.